The van der Waals surface area contributed by atoms with E-state index < -0.39 is 0 Å². The van der Waals surface area contributed by atoms with Crippen LogP contribution in [0.3, 0.4) is 0 Å². The van der Waals surface area contributed by atoms with Gasteiger partial charge >= 0.3 is 0 Å². The van der Waals surface area contributed by atoms with Gasteiger partial charge < -0.3 is 10.1 Å². The Labute approximate surface area is 116 Å². The third kappa shape index (κ3) is 5.07. The molecule has 0 amide bonds. The highest BCUT2D eigenvalue weighted by Crippen LogP contribution is 2.28. The van der Waals surface area contributed by atoms with Gasteiger partial charge in [0, 0.05) is 0 Å². The quantitative estimate of drug-likeness (QED) is 0.712. The van der Waals surface area contributed by atoms with Gasteiger partial charge in [-0.1, -0.05) is 25.1 Å². The van der Waals surface area contributed by atoms with Crippen molar-refractivity contribution in [3.63, 3.8) is 0 Å². The van der Waals surface area contributed by atoms with Crippen molar-refractivity contribution in [2.75, 3.05) is 13.1 Å². The third-order valence-electron chi connectivity index (χ3n) is 3.31. The van der Waals surface area contributed by atoms with Crippen LogP contribution in [-0.2, 0) is 0 Å². The highest BCUT2D eigenvalue weighted by atomic mass is 16.5. The Morgan fingerprint density at radius 3 is 2.95 bits per heavy atom. The van der Waals surface area contributed by atoms with Crippen molar-refractivity contribution in [3.05, 3.63) is 35.9 Å². The maximum absolute atomic E-state index is 5.83. The Kier molecular flexibility index (Phi) is 5.46. The lowest BCUT2D eigenvalue weighted by atomic mass is 10.1. The standard InChI is InChI=1S/C17H25NO/c1-3-11-18-12-5-6-14(2)15-7-4-8-17(13-15)19-16-9-10-16/h4,6-8,13,16,18H,3,5,9-12H2,1-2H3/b14-6-. The van der Waals surface area contributed by atoms with Gasteiger partial charge in [0.25, 0.3) is 0 Å². The molecule has 0 spiro atoms. The van der Waals surface area contributed by atoms with Gasteiger partial charge in [-0.25, -0.2) is 0 Å². The van der Waals surface area contributed by atoms with E-state index in [1.54, 1.807) is 0 Å². The Morgan fingerprint density at radius 1 is 1.37 bits per heavy atom. The van der Waals surface area contributed by atoms with E-state index in [-0.39, 0.29) is 0 Å². The van der Waals surface area contributed by atoms with Gasteiger partial charge in [-0.15, -0.1) is 0 Å². The molecule has 0 saturated heterocycles. The summed E-state index contributed by atoms with van der Waals surface area (Å²) < 4.78 is 5.83. The van der Waals surface area contributed by atoms with Crippen LogP contribution in [0.4, 0.5) is 0 Å². The number of nitrogens with one attached hydrogen (secondary N) is 1. The smallest absolute Gasteiger partial charge is 0.120 e. The van der Waals surface area contributed by atoms with E-state index in [0.29, 0.717) is 6.10 Å². The van der Waals surface area contributed by atoms with Gasteiger partial charge in [0.05, 0.1) is 6.10 Å². The lowest BCUT2D eigenvalue weighted by Crippen LogP contribution is -2.15. The van der Waals surface area contributed by atoms with E-state index in [2.05, 4.69) is 49.5 Å². The van der Waals surface area contributed by atoms with Crippen LogP contribution in [0.5, 0.6) is 5.75 Å². The monoisotopic (exact) mass is 259 g/mol. The molecule has 1 aliphatic carbocycles. The minimum absolute atomic E-state index is 0.470. The predicted octanol–water partition coefficient (Wildman–Crippen LogP) is 4.02. The minimum atomic E-state index is 0.470. The second kappa shape index (κ2) is 7.34. The molecule has 1 saturated carbocycles. The average Bonchev–Trinajstić information content (AvgIpc) is 3.22. The molecular weight excluding hydrogens is 234 g/mol. The number of benzene rings is 1. The molecule has 0 heterocycles. The van der Waals surface area contributed by atoms with Gasteiger partial charge in [-0.2, -0.15) is 0 Å². The summed E-state index contributed by atoms with van der Waals surface area (Å²) >= 11 is 0. The molecule has 1 aliphatic rings. The topological polar surface area (TPSA) is 21.3 Å². The first-order chi connectivity index (χ1) is 9.29. The number of hydrogen-bond acceptors (Lipinski definition) is 2. The largest absolute Gasteiger partial charge is 0.490 e. The van der Waals surface area contributed by atoms with Crippen LogP contribution in [0.2, 0.25) is 0 Å². The van der Waals surface area contributed by atoms with Crippen molar-refractivity contribution < 1.29 is 4.74 Å². The zero-order chi connectivity index (χ0) is 13.5. The molecule has 0 aromatic heterocycles. The third-order valence-corrected chi connectivity index (χ3v) is 3.31. The average molecular weight is 259 g/mol. The zero-order valence-corrected chi connectivity index (χ0v) is 12.1. The van der Waals surface area contributed by atoms with E-state index in [0.717, 1.165) is 25.3 Å². The Morgan fingerprint density at radius 2 is 2.21 bits per heavy atom. The molecule has 1 aromatic carbocycles. The first-order valence-corrected chi connectivity index (χ1v) is 7.44. The molecule has 2 nitrogen and oxygen atoms in total. The second-order valence-electron chi connectivity index (χ2n) is 5.27. The molecule has 1 aromatic rings. The maximum atomic E-state index is 5.83. The normalized spacial score (nSPS) is 15.6. The highest BCUT2D eigenvalue weighted by Gasteiger charge is 2.23. The molecular formula is C17H25NO. The summed E-state index contributed by atoms with van der Waals surface area (Å²) in [5.74, 6) is 1.01. The van der Waals surface area contributed by atoms with Crippen LogP contribution in [0, 0.1) is 0 Å². The van der Waals surface area contributed by atoms with Crippen LogP contribution in [0.15, 0.2) is 30.3 Å². The van der Waals surface area contributed by atoms with Crippen molar-refractivity contribution in [2.45, 2.75) is 45.6 Å². The molecule has 1 N–H and O–H groups in total. The predicted molar refractivity (Wildman–Crippen MR) is 81.5 cm³/mol. The van der Waals surface area contributed by atoms with Crippen molar-refractivity contribution in [3.8, 4) is 5.75 Å². The van der Waals surface area contributed by atoms with E-state index in [1.807, 2.05) is 0 Å². The van der Waals surface area contributed by atoms with Gasteiger partial charge in [0.1, 0.15) is 5.75 Å². The van der Waals surface area contributed by atoms with Crippen LogP contribution < -0.4 is 10.1 Å². The van der Waals surface area contributed by atoms with Crippen LogP contribution in [0.25, 0.3) is 5.57 Å². The molecule has 0 aliphatic heterocycles. The van der Waals surface area contributed by atoms with E-state index >= 15 is 0 Å². The molecule has 0 radical (unpaired) electrons. The molecule has 1 fully saturated rings. The van der Waals surface area contributed by atoms with Crippen LogP contribution >= 0.6 is 0 Å². The second-order valence-corrected chi connectivity index (χ2v) is 5.27. The fourth-order valence-corrected chi connectivity index (χ4v) is 2.00. The summed E-state index contributed by atoms with van der Waals surface area (Å²) in [6, 6.07) is 8.45. The van der Waals surface area contributed by atoms with E-state index in [4.69, 9.17) is 4.74 Å². The van der Waals surface area contributed by atoms with Crippen molar-refractivity contribution in [2.24, 2.45) is 0 Å². The molecule has 0 atom stereocenters. The summed E-state index contributed by atoms with van der Waals surface area (Å²) in [6.07, 6.45) is 7.48. The van der Waals surface area contributed by atoms with Crippen LogP contribution in [0.1, 0.15) is 45.1 Å². The first-order valence-electron chi connectivity index (χ1n) is 7.44. The Hall–Kier alpha value is -1.28. The number of rotatable bonds is 8. The molecule has 0 unspecified atom stereocenters. The Bertz CT molecular complexity index is 421. The lowest BCUT2D eigenvalue weighted by molar-refractivity contribution is 0.303. The summed E-state index contributed by atoms with van der Waals surface area (Å²) in [6.45, 7) is 6.54. The van der Waals surface area contributed by atoms with Crippen molar-refractivity contribution in [1.29, 1.82) is 0 Å². The summed E-state index contributed by atoms with van der Waals surface area (Å²) in [5.41, 5.74) is 2.60. The first kappa shape index (κ1) is 14.1. The van der Waals surface area contributed by atoms with Gasteiger partial charge in [0.15, 0.2) is 0 Å². The number of ether oxygens (including phenoxy) is 1. The number of allylic oxidation sites excluding steroid dienone is 1. The summed E-state index contributed by atoms with van der Waals surface area (Å²) in [4.78, 5) is 0. The molecule has 2 rings (SSSR count). The number of hydrogen-bond donors (Lipinski definition) is 1. The van der Waals surface area contributed by atoms with Crippen molar-refractivity contribution in [1.82, 2.24) is 5.32 Å². The fraction of sp³-hybridized carbons (Fsp3) is 0.529. The SMILES string of the molecule is CCCNCC/C=C(/C)c1cccc(OC2CC2)c1. The Balaban J connectivity index is 1.86. The van der Waals surface area contributed by atoms with Crippen molar-refractivity contribution >= 4 is 5.57 Å². The fourth-order valence-electron chi connectivity index (χ4n) is 2.00. The zero-order valence-electron chi connectivity index (χ0n) is 12.1. The molecule has 0 bridgehead atoms. The minimum Gasteiger partial charge on any atom is -0.490 e. The molecule has 104 valence electrons. The molecule has 2 heteroatoms. The molecule has 19 heavy (non-hydrogen) atoms. The highest BCUT2D eigenvalue weighted by molar-refractivity contribution is 5.64. The van der Waals surface area contributed by atoms with Gasteiger partial charge in [-0.05, 0) is 69.0 Å². The lowest BCUT2D eigenvalue weighted by Gasteiger charge is -2.07. The van der Waals surface area contributed by atoms with Gasteiger partial charge in [0.2, 0.25) is 0 Å². The van der Waals surface area contributed by atoms with Crippen LogP contribution in [-0.4, -0.2) is 19.2 Å². The van der Waals surface area contributed by atoms with E-state index in [1.165, 1.54) is 30.4 Å². The summed E-state index contributed by atoms with van der Waals surface area (Å²) in [5, 5.41) is 3.42. The van der Waals surface area contributed by atoms with E-state index in [9.17, 15) is 0 Å². The maximum Gasteiger partial charge on any atom is 0.120 e. The summed E-state index contributed by atoms with van der Waals surface area (Å²) in [7, 11) is 0. The van der Waals surface area contributed by atoms with Gasteiger partial charge in [-0.3, -0.25) is 0 Å².